The van der Waals surface area contributed by atoms with E-state index in [9.17, 15) is 9.18 Å². The van der Waals surface area contributed by atoms with Crippen molar-refractivity contribution in [2.24, 2.45) is 0 Å². The highest BCUT2D eigenvalue weighted by Gasteiger charge is 2.13. The van der Waals surface area contributed by atoms with E-state index in [1.54, 1.807) is 0 Å². The van der Waals surface area contributed by atoms with Crippen LogP contribution in [0.25, 0.3) is 0 Å². The normalized spacial score (nSPS) is 10.2. The number of hydrogen-bond donors (Lipinski definition) is 0. The van der Waals surface area contributed by atoms with E-state index in [1.807, 2.05) is 0 Å². The first kappa shape index (κ1) is 11.0. The van der Waals surface area contributed by atoms with Gasteiger partial charge in [-0.3, -0.25) is 4.79 Å². The summed E-state index contributed by atoms with van der Waals surface area (Å²) in [5, 5.41) is 0.175. The number of benzene rings is 1. The number of hydrogen-bond acceptors (Lipinski definition) is 1. The summed E-state index contributed by atoms with van der Waals surface area (Å²) in [4.78, 5) is 11.2. The molecule has 0 spiro atoms. The van der Waals surface area contributed by atoms with Crippen LogP contribution in [0.4, 0.5) is 4.39 Å². The van der Waals surface area contributed by atoms with Gasteiger partial charge in [-0.1, -0.05) is 11.6 Å². The standard InChI is InChI=1S/C8H4BrCl2FO/c9-8-5(7(13)3-10)1-4(11)2-6(8)12/h1-2H,3H2. The molecule has 0 amide bonds. The van der Waals surface area contributed by atoms with Gasteiger partial charge in [-0.05, 0) is 28.1 Å². The molecule has 1 aromatic carbocycles. The van der Waals surface area contributed by atoms with Crippen LogP contribution in [0.1, 0.15) is 10.4 Å². The molecule has 13 heavy (non-hydrogen) atoms. The molecule has 0 aromatic heterocycles. The molecule has 0 saturated carbocycles. The van der Waals surface area contributed by atoms with Crippen LogP contribution < -0.4 is 0 Å². The Balaban J connectivity index is 3.28. The van der Waals surface area contributed by atoms with Crippen molar-refractivity contribution < 1.29 is 9.18 Å². The first-order valence-electron chi connectivity index (χ1n) is 3.30. The van der Waals surface area contributed by atoms with Crippen molar-refractivity contribution in [3.05, 3.63) is 33.0 Å². The van der Waals surface area contributed by atoms with Gasteiger partial charge in [0.1, 0.15) is 5.82 Å². The van der Waals surface area contributed by atoms with Crippen molar-refractivity contribution in [1.82, 2.24) is 0 Å². The van der Waals surface area contributed by atoms with Gasteiger partial charge in [0.05, 0.1) is 10.4 Å². The molecule has 0 saturated heterocycles. The average Bonchev–Trinajstić information content (AvgIpc) is 2.10. The molecule has 0 aliphatic carbocycles. The van der Waals surface area contributed by atoms with Gasteiger partial charge in [-0.15, -0.1) is 11.6 Å². The summed E-state index contributed by atoms with van der Waals surface area (Å²) in [6, 6.07) is 2.50. The first-order chi connectivity index (χ1) is 6.06. The van der Waals surface area contributed by atoms with E-state index in [1.165, 1.54) is 6.07 Å². The Bertz CT molecular complexity index is 354. The Morgan fingerprint density at radius 1 is 1.54 bits per heavy atom. The minimum absolute atomic E-state index is 0.0996. The minimum Gasteiger partial charge on any atom is -0.293 e. The first-order valence-corrected chi connectivity index (χ1v) is 5.00. The monoisotopic (exact) mass is 284 g/mol. The molecule has 0 N–H and O–H groups in total. The lowest BCUT2D eigenvalue weighted by atomic mass is 10.1. The fraction of sp³-hybridized carbons (Fsp3) is 0.125. The zero-order valence-corrected chi connectivity index (χ0v) is 9.38. The number of alkyl halides is 1. The highest BCUT2D eigenvalue weighted by Crippen LogP contribution is 2.25. The van der Waals surface area contributed by atoms with E-state index in [4.69, 9.17) is 23.2 Å². The van der Waals surface area contributed by atoms with Gasteiger partial charge in [-0.25, -0.2) is 4.39 Å². The topological polar surface area (TPSA) is 17.1 Å². The summed E-state index contributed by atoms with van der Waals surface area (Å²) in [6.45, 7) is 0. The van der Waals surface area contributed by atoms with Crippen LogP contribution in [0.2, 0.25) is 5.02 Å². The van der Waals surface area contributed by atoms with Crippen LogP contribution in [0.5, 0.6) is 0 Å². The third-order valence-corrected chi connectivity index (χ3v) is 2.68. The second kappa shape index (κ2) is 4.40. The fourth-order valence-electron chi connectivity index (χ4n) is 0.831. The molecule has 0 atom stereocenters. The van der Waals surface area contributed by atoms with Gasteiger partial charge in [0.15, 0.2) is 5.78 Å². The molecule has 0 fully saturated rings. The lowest BCUT2D eigenvalue weighted by Crippen LogP contribution is -2.02. The molecular formula is C8H4BrCl2FO. The third-order valence-electron chi connectivity index (χ3n) is 1.41. The Morgan fingerprint density at radius 2 is 2.15 bits per heavy atom. The van der Waals surface area contributed by atoms with Gasteiger partial charge < -0.3 is 0 Å². The maximum atomic E-state index is 13.0. The quantitative estimate of drug-likeness (QED) is 0.460. The number of ketones is 1. The highest BCUT2D eigenvalue weighted by atomic mass is 79.9. The Hall–Kier alpha value is -0.120. The van der Waals surface area contributed by atoms with Crippen LogP contribution in [-0.4, -0.2) is 11.7 Å². The van der Waals surface area contributed by atoms with Crippen molar-refractivity contribution in [3.8, 4) is 0 Å². The summed E-state index contributed by atoms with van der Waals surface area (Å²) in [5.41, 5.74) is 0.167. The van der Waals surface area contributed by atoms with Gasteiger partial charge in [0, 0.05) is 10.6 Å². The molecule has 1 aromatic rings. The number of rotatable bonds is 2. The van der Waals surface area contributed by atoms with Gasteiger partial charge in [0.2, 0.25) is 0 Å². The maximum absolute atomic E-state index is 13.0. The molecule has 0 unspecified atom stereocenters. The van der Waals surface area contributed by atoms with E-state index in [0.717, 1.165) is 6.07 Å². The van der Waals surface area contributed by atoms with Gasteiger partial charge in [-0.2, -0.15) is 0 Å². The highest BCUT2D eigenvalue weighted by molar-refractivity contribution is 9.10. The summed E-state index contributed by atoms with van der Waals surface area (Å²) in [7, 11) is 0. The van der Waals surface area contributed by atoms with Crippen LogP contribution in [0, 0.1) is 5.82 Å². The Kier molecular flexibility index (Phi) is 3.71. The van der Waals surface area contributed by atoms with E-state index in [2.05, 4.69) is 15.9 Å². The molecule has 0 heterocycles. The van der Waals surface area contributed by atoms with E-state index in [-0.39, 0.29) is 26.7 Å². The number of carbonyl (C=O) groups excluding carboxylic acids is 1. The Labute approximate surface area is 93.0 Å². The Morgan fingerprint density at radius 3 is 2.69 bits per heavy atom. The van der Waals surface area contributed by atoms with Crippen molar-refractivity contribution in [3.63, 3.8) is 0 Å². The van der Waals surface area contributed by atoms with Crippen molar-refractivity contribution in [2.75, 3.05) is 5.88 Å². The molecule has 1 rings (SSSR count). The van der Waals surface area contributed by atoms with Crippen LogP contribution in [0.15, 0.2) is 16.6 Å². The smallest absolute Gasteiger partial charge is 0.178 e. The van der Waals surface area contributed by atoms with E-state index >= 15 is 0 Å². The summed E-state index contributed by atoms with van der Waals surface area (Å²) < 4.78 is 13.1. The SMILES string of the molecule is O=C(CCl)c1cc(Cl)cc(F)c1Br. The van der Waals surface area contributed by atoms with Crippen LogP contribution >= 0.6 is 39.1 Å². The second-order valence-corrected chi connectivity index (χ2v) is 3.80. The lowest BCUT2D eigenvalue weighted by Gasteiger charge is -2.02. The minimum atomic E-state index is -0.569. The molecular weight excluding hydrogens is 282 g/mol. The second-order valence-electron chi connectivity index (χ2n) is 2.31. The largest absolute Gasteiger partial charge is 0.293 e. The van der Waals surface area contributed by atoms with Crippen LogP contribution in [-0.2, 0) is 0 Å². The fourth-order valence-corrected chi connectivity index (χ4v) is 1.63. The van der Waals surface area contributed by atoms with Crippen LogP contribution in [0.3, 0.4) is 0 Å². The van der Waals surface area contributed by atoms with Crippen molar-refractivity contribution in [2.45, 2.75) is 0 Å². The molecule has 0 bridgehead atoms. The molecule has 0 radical (unpaired) electrons. The number of halogens is 4. The number of Topliss-reactive ketones (excluding diaryl/α,β-unsaturated/α-hetero) is 1. The summed E-state index contributed by atoms with van der Waals surface area (Å²) >= 11 is 13.8. The predicted octanol–water partition coefficient (Wildman–Crippen LogP) is 3.66. The maximum Gasteiger partial charge on any atom is 0.178 e. The molecule has 0 aliphatic rings. The number of carbonyl (C=O) groups is 1. The predicted molar refractivity (Wildman–Crippen MR) is 54.2 cm³/mol. The van der Waals surface area contributed by atoms with E-state index in [0.29, 0.717) is 0 Å². The summed E-state index contributed by atoms with van der Waals surface area (Å²) in [5.74, 6) is -1.13. The third kappa shape index (κ3) is 2.42. The molecule has 0 aliphatic heterocycles. The molecule has 70 valence electrons. The zero-order chi connectivity index (χ0) is 10.0. The van der Waals surface area contributed by atoms with E-state index < -0.39 is 5.82 Å². The molecule has 5 heteroatoms. The van der Waals surface area contributed by atoms with Crippen molar-refractivity contribution in [1.29, 1.82) is 0 Å². The van der Waals surface area contributed by atoms with Gasteiger partial charge >= 0.3 is 0 Å². The average molecular weight is 286 g/mol. The van der Waals surface area contributed by atoms with Crippen molar-refractivity contribution >= 4 is 44.9 Å². The summed E-state index contributed by atoms with van der Waals surface area (Å²) in [6.07, 6.45) is 0. The van der Waals surface area contributed by atoms with Gasteiger partial charge in [0.25, 0.3) is 0 Å². The molecule has 1 nitrogen and oxygen atoms in total. The zero-order valence-electron chi connectivity index (χ0n) is 6.28. The lowest BCUT2D eigenvalue weighted by molar-refractivity contribution is 0.102.